The second-order valence-electron chi connectivity index (χ2n) is 2.94. The Morgan fingerprint density at radius 1 is 1.41 bits per heavy atom. The molecule has 0 aliphatic rings. The molecule has 0 aliphatic carbocycles. The topological polar surface area (TPSA) is 76.2 Å². The Bertz CT molecular complexity index is 592. The van der Waals surface area contributed by atoms with Crippen LogP contribution in [0.25, 0.3) is 0 Å². The molecular formula is C7H5ClF3NO4S. The van der Waals surface area contributed by atoms with E-state index < -0.39 is 37.3 Å². The summed E-state index contributed by atoms with van der Waals surface area (Å²) in [7, 11) is 0.580. The second kappa shape index (κ2) is 4.22. The molecule has 96 valence electrons. The summed E-state index contributed by atoms with van der Waals surface area (Å²) < 4.78 is 61.4. The molecule has 17 heavy (non-hydrogen) atoms. The van der Waals surface area contributed by atoms with Gasteiger partial charge in [-0.3, -0.25) is 4.79 Å². The fourth-order valence-corrected chi connectivity index (χ4v) is 2.21. The number of hydrogen-bond acceptors (Lipinski definition) is 4. The van der Waals surface area contributed by atoms with Crippen LogP contribution in [0.2, 0.25) is 0 Å². The minimum atomic E-state index is -5.04. The highest BCUT2D eigenvalue weighted by molar-refractivity contribution is 8.13. The number of hydrogen-bond donors (Lipinski definition) is 1. The van der Waals surface area contributed by atoms with Crippen LogP contribution in [0.5, 0.6) is 5.75 Å². The summed E-state index contributed by atoms with van der Waals surface area (Å²) in [5.74, 6) is -0.916. The maximum Gasteiger partial charge on any atom is 0.573 e. The number of pyridine rings is 1. The highest BCUT2D eigenvalue weighted by Crippen LogP contribution is 2.28. The Balaban J connectivity index is 3.45. The van der Waals surface area contributed by atoms with Gasteiger partial charge in [-0.05, 0) is 6.92 Å². The molecule has 0 radical (unpaired) electrons. The third kappa shape index (κ3) is 3.63. The molecule has 10 heteroatoms. The molecule has 0 unspecified atom stereocenters. The molecule has 0 saturated heterocycles. The molecule has 1 heterocycles. The fraction of sp³-hybridized carbons (Fsp3) is 0.286. The van der Waals surface area contributed by atoms with Crippen molar-refractivity contribution in [2.75, 3.05) is 0 Å². The van der Waals surface area contributed by atoms with E-state index in [0.29, 0.717) is 6.07 Å². The normalized spacial score (nSPS) is 12.5. The van der Waals surface area contributed by atoms with Crippen LogP contribution < -0.4 is 10.3 Å². The van der Waals surface area contributed by atoms with E-state index >= 15 is 0 Å². The number of halogens is 4. The molecule has 0 aliphatic heterocycles. The second-order valence-corrected chi connectivity index (χ2v) is 5.44. The lowest BCUT2D eigenvalue weighted by atomic mass is 10.3. The zero-order valence-corrected chi connectivity index (χ0v) is 9.70. The van der Waals surface area contributed by atoms with Crippen LogP contribution in [0, 0.1) is 6.92 Å². The summed E-state index contributed by atoms with van der Waals surface area (Å²) >= 11 is 0. The van der Waals surface area contributed by atoms with Crippen LogP contribution in [0.15, 0.2) is 15.9 Å². The summed E-state index contributed by atoms with van der Waals surface area (Å²) in [6.07, 6.45) is -5.04. The van der Waals surface area contributed by atoms with E-state index in [-0.39, 0.29) is 0 Å². The molecule has 0 bridgehead atoms. The SMILES string of the molecule is Cc1c(OC(F)(F)F)cc(=O)[nH]c1S(=O)(=O)Cl. The van der Waals surface area contributed by atoms with Gasteiger partial charge >= 0.3 is 6.36 Å². The zero-order chi connectivity index (χ0) is 13.4. The van der Waals surface area contributed by atoms with E-state index in [1.807, 2.05) is 4.98 Å². The number of alkyl halides is 3. The smallest absolute Gasteiger partial charge is 0.405 e. The Morgan fingerprint density at radius 3 is 2.35 bits per heavy atom. The van der Waals surface area contributed by atoms with E-state index in [9.17, 15) is 26.4 Å². The predicted molar refractivity (Wildman–Crippen MR) is 51.5 cm³/mol. The summed E-state index contributed by atoms with van der Waals surface area (Å²) in [5.41, 5.74) is -1.51. The van der Waals surface area contributed by atoms with Gasteiger partial charge in [-0.2, -0.15) is 0 Å². The Labute approximate surface area is 97.6 Å². The molecule has 0 saturated carbocycles. The van der Waals surface area contributed by atoms with E-state index in [1.54, 1.807) is 0 Å². The number of aromatic amines is 1. The van der Waals surface area contributed by atoms with Crippen molar-refractivity contribution in [1.29, 1.82) is 0 Å². The molecular weight excluding hydrogens is 287 g/mol. The van der Waals surface area contributed by atoms with Gasteiger partial charge in [0.2, 0.25) is 0 Å². The van der Waals surface area contributed by atoms with Crippen LogP contribution in [0.3, 0.4) is 0 Å². The van der Waals surface area contributed by atoms with Gasteiger partial charge < -0.3 is 9.72 Å². The minimum Gasteiger partial charge on any atom is -0.405 e. The number of rotatable bonds is 2. The van der Waals surface area contributed by atoms with Gasteiger partial charge in [0.05, 0.1) is 0 Å². The van der Waals surface area contributed by atoms with E-state index in [2.05, 4.69) is 4.74 Å². The molecule has 0 spiro atoms. The van der Waals surface area contributed by atoms with Crippen molar-refractivity contribution in [3.05, 3.63) is 22.0 Å². The van der Waals surface area contributed by atoms with Crippen molar-refractivity contribution < 1.29 is 26.3 Å². The first kappa shape index (κ1) is 13.8. The van der Waals surface area contributed by atoms with Gasteiger partial charge in [-0.1, -0.05) is 0 Å². The van der Waals surface area contributed by atoms with Gasteiger partial charge in [-0.15, -0.1) is 13.2 Å². The summed E-state index contributed by atoms with van der Waals surface area (Å²) in [5, 5.41) is -0.828. The highest BCUT2D eigenvalue weighted by atomic mass is 35.7. The van der Waals surface area contributed by atoms with Gasteiger partial charge in [-0.25, -0.2) is 8.42 Å². The van der Waals surface area contributed by atoms with E-state index in [1.165, 1.54) is 0 Å². The summed E-state index contributed by atoms with van der Waals surface area (Å²) in [6, 6.07) is 0.481. The number of H-pyrrole nitrogens is 1. The number of nitrogens with one attached hydrogen (secondary N) is 1. The Morgan fingerprint density at radius 2 is 1.94 bits per heavy atom. The maximum absolute atomic E-state index is 12.0. The van der Waals surface area contributed by atoms with Gasteiger partial charge in [0, 0.05) is 22.3 Å². The molecule has 0 amide bonds. The zero-order valence-electron chi connectivity index (χ0n) is 8.13. The first-order valence-corrected chi connectivity index (χ1v) is 6.26. The molecule has 1 N–H and O–H groups in total. The van der Waals surface area contributed by atoms with Gasteiger partial charge in [0.15, 0.2) is 5.03 Å². The molecule has 1 aromatic heterocycles. The predicted octanol–water partition coefficient (Wildman–Crippen LogP) is 1.51. The lowest BCUT2D eigenvalue weighted by Crippen LogP contribution is -2.21. The number of aromatic nitrogens is 1. The molecule has 0 fully saturated rings. The quantitative estimate of drug-likeness (QED) is 0.838. The van der Waals surface area contributed by atoms with Crippen molar-refractivity contribution in [2.24, 2.45) is 0 Å². The lowest BCUT2D eigenvalue weighted by molar-refractivity contribution is -0.275. The lowest BCUT2D eigenvalue weighted by Gasteiger charge is -2.12. The summed E-state index contributed by atoms with van der Waals surface area (Å²) in [6.45, 7) is 1.02. The molecule has 5 nitrogen and oxygen atoms in total. The highest BCUT2D eigenvalue weighted by Gasteiger charge is 2.33. The Hall–Kier alpha value is -1.22. The minimum absolute atomic E-state index is 0.433. The van der Waals surface area contributed by atoms with Crippen molar-refractivity contribution >= 4 is 19.7 Å². The fourth-order valence-electron chi connectivity index (χ4n) is 1.06. The largest absolute Gasteiger partial charge is 0.573 e. The van der Waals surface area contributed by atoms with Crippen LogP contribution in [0.1, 0.15) is 5.56 Å². The van der Waals surface area contributed by atoms with Crippen molar-refractivity contribution in [2.45, 2.75) is 18.3 Å². The van der Waals surface area contributed by atoms with E-state index in [0.717, 1.165) is 6.92 Å². The van der Waals surface area contributed by atoms with Crippen LogP contribution in [0.4, 0.5) is 13.2 Å². The van der Waals surface area contributed by atoms with E-state index in [4.69, 9.17) is 10.7 Å². The third-order valence-corrected chi connectivity index (χ3v) is 3.04. The average Bonchev–Trinajstić information content (AvgIpc) is 2.06. The standard InChI is InChI=1S/C7H5ClF3NO4S/c1-3-4(16-7(9,10)11)2-5(13)12-6(3)17(8,14)15/h2H,1H3,(H,12,13). The van der Waals surface area contributed by atoms with Crippen molar-refractivity contribution in [3.63, 3.8) is 0 Å². The first-order valence-electron chi connectivity index (χ1n) is 3.95. The van der Waals surface area contributed by atoms with Crippen LogP contribution >= 0.6 is 10.7 Å². The van der Waals surface area contributed by atoms with Crippen molar-refractivity contribution in [3.8, 4) is 5.75 Å². The maximum atomic E-state index is 12.0. The van der Waals surface area contributed by atoms with Crippen molar-refractivity contribution in [1.82, 2.24) is 4.98 Å². The van der Waals surface area contributed by atoms with Gasteiger partial charge in [0.1, 0.15) is 5.75 Å². The first-order chi connectivity index (χ1) is 7.50. The van der Waals surface area contributed by atoms with Gasteiger partial charge in [0.25, 0.3) is 14.6 Å². The third-order valence-electron chi connectivity index (χ3n) is 1.68. The molecule has 0 atom stereocenters. The molecule has 1 rings (SSSR count). The summed E-state index contributed by atoms with van der Waals surface area (Å²) in [4.78, 5) is 12.8. The molecule has 0 aromatic carbocycles. The molecule has 1 aromatic rings. The Kier molecular flexibility index (Phi) is 3.44. The number of ether oxygens (including phenoxy) is 1. The monoisotopic (exact) mass is 291 g/mol. The van der Waals surface area contributed by atoms with Crippen LogP contribution in [-0.4, -0.2) is 19.8 Å². The average molecular weight is 292 g/mol. The van der Waals surface area contributed by atoms with Crippen LogP contribution in [-0.2, 0) is 9.05 Å².